The molecule has 0 N–H and O–H groups in total. The fourth-order valence-electron chi connectivity index (χ4n) is 1.87. The first-order valence-electron chi connectivity index (χ1n) is 5.04. The second kappa shape index (κ2) is 5.63. The molecule has 0 heterocycles. The average Bonchev–Trinajstić information content (AvgIpc) is 2.57. The van der Waals surface area contributed by atoms with Crippen molar-refractivity contribution in [1.82, 2.24) is 4.90 Å². The van der Waals surface area contributed by atoms with Crippen LogP contribution in [0.15, 0.2) is 0 Å². The third-order valence-electron chi connectivity index (χ3n) is 2.78. The second-order valence-electron chi connectivity index (χ2n) is 3.86. The predicted molar refractivity (Wildman–Crippen MR) is 58.0 cm³/mol. The van der Waals surface area contributed by atoms with Crippen LogP contribution in [0, 0.1) is 5.92 Å². The molecule has 0 radical (unpaired) electrons. The van der Waals surface area contributed by atoms with Gasteiger partial charge in [-0.15, -0.1) is 0 Å². The lowest BCUT2D eigenvalue weighted by Crippen LogP contribution is -2.29. The van der Waals surface area contributed by atoms with Gasteiger partial charge in [0.05, 0.1) is 0 Å². The number of carbonyl (C=O) groups excluding carboxylic acids is 1. The molecule has 3 heteroatoms. The Kier molecular flexibility index (Phi) is 4.78. The van der Waals surface area contributed by atoms with Gasteiger partial charge in [0, 0.05) is 25.3 Å². The highest BCUT2D eigenvalue weighted by atomic mass is 79.9. The second-order valence-corrected chi connectivity index (χ2v) is 4.65. The Hall–Kier alpha value is -0.0500. The number of hydrogen-bond acceptors (Lipinski definition) is 1. The lowest BCUT2D eigenvalue weighted by molar-refractivity contribution is -0.130. The van der Waals surface area contributed by atoms with E-state index in [1.807, 2.05) is 11.9 Å². The van der Waals surface area contributed by atoms with Gasteiger partial charge in [-0.05, 0) is 18.8 Å². The first kappa shape index (κ1) is 11.0. The Balaban J connectivity index is 2.22. The molecule has 0 spiro atoms. The molecule has 0 aromatic heterocycles. The standard InChI is InChI=1S/C10H18BrNO/c1-12(7-6-11)10(13)8-9-4-2-3-5-9/h9H,2-8H2,1H3. The number of hydrogen-bond donors (Lipinski definition) is 0. The molecule has 1 saturated carbocycles. The lowest BCUT2D eigenvalue weighted by Gasteiger charge is -2.17. The third-order valence-corrected chi connectivity index (χ3v) is 3.14. The van der Waals surface area contributed by atoms with Crippen molar-refractivity contribution in [2.45, 2.75) is 32.1 Å². The zero-order chi connectivity index (χ0) is 9.68. The van der Waals surface area contributed by atoms with Gasteiger partial charge in [-0.2, -0.15) is 0 Å². The maximum Gasteiger partial charge on any atom is 0.222 e. The Bertz CT molecular complexity index is 166. The number of amides is 1. The average molecular weight is 248 g/mol. The minimum absolute atomic E-state index is 0.311. The van der Waals surface area contributed by atoms with Crippen molar-refractivity contribution in [3.63, 3.8) is 0 Å². The fourth-order valence-corrected chi connectivity index (χ4v) is 2.40. The van der Waals surface area contributed by atoms with E-state index in [9.17, 15) is 4.79 Å². The van der Waals surface area contributed by atoms with Crippen LogP contribution >= 0.6 is 15.9 Å². The number of nitrogens with zero attached hydrogens (tertiary/aromatic N) is 1. The van der Waals surface area contributed by atoms with Crippen LogP contribution in [0.2, 0.25) is 0 Å². The molecule has 0 aromatic carbocycles. The molecule has 0 aliphatic heterocycles. The van der Waals surface area contributed by atoms with E-state index in [-0.39, 0.29) is 0 Å². The highest BCUT2D eigenvalue weighted by Crippen LogP contribution is 2.27. The van der Waals surface area contributed by atoms with Crippen LogP contribution in [-0.4, -0.2) is 29.7 Å². The molecule has 1 amide bonds. The summed E-state index contributed by atoms with van der Waals surface area (Å²) in [6.07, 6.45) is 5.92. The summed E-state index contributed by atoms with van der Waals surface area (Å²) in [5.41, 5.74) is 0. The molecule has 0 unspecified atom stereocenters. The molecule has 1 aliphatic rings. The molecule has 1 aliphatic carbocycles. The van der Waals surface area contributed by atoms with E-state index in [0.717, 1.165) is 18.3 Å². The monoisotopic (exact) mass is 247 g/mol. The van der Waals surface area contributed by atoms with Crippen molar-refractivity contribution in [2.75, 3.05) is 18.9 Å². The fraction of sp³-hybridized carbons (Fsp3) is 0.900. The smallest absolute Gasteiger partial charge is 0.222 e. The van der Waals surface area contributed by atoms with Crippen LogP contribution in [0.4, 0.5) is 0 Å². The summed E-state index contributed by atoms with van der Waals surface area (Å²) >= 11 is 3.34. The number of rotatable bonds is 4. The minimum Gasteiger partial charge on any atom is -0.345 e. The Morgan fingerprint density at radius 1 is 1.46 bits per heavy atom. The van der Waals surface area contributed by atoms with E-state index >= 15 is 0 Å². The van der Waals surface area contributed by atoms with Crippen LogP contribution in [0.3, 0.4) is 0 Å². The molecule has 2 nitrogen and oxygen atoms in total. The SMILES string of the molecule is CN(CCBr)C(=O)CC1CCCC1. The van der Waals surface area contributed by atoms with Gasteiger partial charge < -0.3 is 4.90 Å². The van der Waals surface area contributed by atoms with Gasteiger partial charge >= 0.3 is 0 Å². The van der Waals surface area contributed by atoms with Crippen molar-refractivity contribution in [2.24, 2.45) is 5.92 Å². The van der Waals surface area contributed by atoms with E-state index in [1.165, 1.54) is 25.7 Å². The minimum atomic E-state index is 0.311. The van der Waals surface area contributed by atoms with Crippen LogP contribution in [0.1, 0.15) is 32.1 Å². The van der Waals surface area contributed by atoms with Gasteiger partial charge in [-0.3, -0.25) is 4.79 Å². The maximum atomic E-state index is 11.6. The molecular formula is C10H18BrNO. The highest BCUT2D eigenvalue weighted by molar-refractivity contribution is 9.09. The van der Waals surface area contributed by atoms with E-state index in [1.54, 1.807) is 0 Å². The Labute approximate surface area is 88.8 Å². The topological polar surface area (TPSA) is 20.3 Å². The molecular weight excluding hydrogens is 230 g/mol. The van der Waals surface area contributed by atoms with Crippen molar-refractivity contribution in [3.8, 4) is 0 Å². The van der Waals surface area contributed by atoms with Crippen molar-refractivity contribution < 1.29 is 4.79 Å². The Morgan fingerprint density at radius 3 is 2.62 bits per heavy atom. The normalized spacial score (nSPS) is 17.7. The van der Waals surface area contributed by atoms with Gasteiger partial charge in [0.2, 0.25) is 5.91 Å². The van der Waals surface area contributed by atoms with Crippen LogP contribution in [0.5, 0.6) is 0 Å². The molecule has 0 saturated heterocycles. The van der Waals surface area contributed by atoms with Gasteiger partial charge in [0.15, 0.2) is 0 Å². The lowest BCUT2D eigenvalue weighted by atomic mass is 10.0. The van der Waals surface area contributed by atoms with Gasteiger partial charge in [0.1, 0.15) is 0 Å². The summed E-state index contributed by atoms with van der Waals surface area (Å²) in [7, 11) is 1.89. The number of alkyl halides is 1. The van der Waals surface area contributed by atoms with Gasteiger partial charge in [-0.1, -0.05) is 28.8 Å². The highest BCUT2D eigenvalue weighted by Gasteiger charge is 2.19. The van der Waals surface area contributed by atoms with Gasteiger partial charge in [0.25, 0.3) is 0 Å². The van der Waals surface area contributed by atoms with E-state index < -0.39 is 0 Å². The zero-order valence-electron chi connectivity index (χ0n) is 8.26. The summed E-state index contributed by atoms with van der Waals surface area (Å²) in [6, 6.07) is 0. The number of halogens is 1. The quantitative estimate of drug-likeness (QED) is 0.699. The zero-order valence-corrected chi connectivity index (χ0v) is 9.85. The summed E-state index contributed by atoms with van der Waals surface area (Å²) < 4.78 is 0. The molecule has 76 valence electrons. The van der Waals surface area contributed by atoms with Crippen molar-refractivity contribution >= 4 is 21.8 Å². The molecule has 0 bridgehead atoms. The summed E-state index contributed by atoms with van der Waals surface area (Å²) in [4.78, 5) is 13.4. The molecule has 1 fully saturated rings. The van der Waals surface area contributed by atoms with E-state index in [0.29, 0.717) is 11.8 Å². The van der Waals surface area contributed by atoms with Crippen LogP contribution in [-0.2, 0) is 4.79 Å². The third kappa shape index (κ3) is 3.67. The molecule has 0 atom stereocenters. The molecule has 13 heavy (non-hydrogen) atoms. The molecule has 0 aromatic rings. The maximum absolute atomic E-state index is 11.6. The first-order valence-corrected chi connectivity index (χ1v) is 6.16. The van der Waals surface area contributed by atoms with Gasteiger partial charge in [-0.25, -0.2) is 0 Å². The van der Waals surface area contributed by atoms with E-state index in [2.05, 4.69) is 15.9 Å². The summed E-state index contributed by atoms with van der Waals surface area (Å²) in [5.74, 6) is 0.983. The molecule has 1 rings (SSSR count). The largest absolute Gasteiger partial charge is 0.345 e. The van der Waals surface area contributed by atoms with E-state index in [4.69, 9.17) is 0 Å². The Morgan fingerprint density at radius 2 is 2.08 bits per heavy atom. The van der Waals surface area contributed by atoms with Crippen molar-refractivity contribution in [1.29, 1.82) is 0 Å². The summed E-state index contributed by atoms with van der Waals surface area (Å²) in [5, 5.41) is 0.875. The summed E-state index contributed by atoms with van der Waals surface area (Å²) in [6.45, 7) is 0.825. The first-order chi connectivity index (χ1) is 6.24. The van der Waals surface area contributed by atoms with Crippen LogP contribution in [0.25, 0.3) is 0 Å². The van der Waals surface area contributed by atoms with Crippen LogP contribution < -0.4 is 0 Å². The predicted octanol–water partition coefficient (Wildman–Crippen LogP) is 2.42. The van der Waals surface area contributed by atoms with Crippen molar-refractivity contribution in [3.05, 3.63) is 0 Å². The number of carbonyl (C=O) groups is 1.